The van der Waals surface area contributed by atoms with E-state index in [2.05, 4.69) is 0 Å². The first kappa shape index (κ1) is 16.0. The molecule has 1 N–H and O–H groups in total. The zero-order valence-corrected chi connectivity index (χ0v) is 7.51. The third-order valence-corrected chi connectivity index (χ3v) is 0. The summed E-state index contributed by atoms with van der Waals surface area (Å²) in [6, 6.07) is 0. The summed E-state index contributed by atoms with van der Waals surface area (Å²) in [6.07, 6.45) is 0. The van der Waals surface area contributed by atoms with Crippen LogP contribution in [0.5, 0.6) is 0 Å². The van der Waals surface area contributed by atoms with Gasteiger partial charge in [0.25, 0.3) is 5.09 Å². The normalized spacial score (nSPS) is 5.33. The van der Waals surface area contributed by atoms with Gasteiger partial charge in [-0.1, -0.05) is 0 Å². The molecule has 0 heterocycles. The Morgan fingerprint density at radius 2 is 1.11 bits per heavy atom. The molecule has 0 aromatic heterocycles. The largest absolute Gasteiger partial charge is 1.00 e. The summed E-state index contributed by atoms with van der Waals surface area (Å²) < 4.78 is 0. The predicted molar refractivity (Wildman–Crippen MR) is 19.1 cm³/mol. The minimum atomic E-state index is -1.75. The van der Waals surface area contributed by atoms with Crippen LogP contribution < -0.4 is 51.4 Å². The van der Waals surface area contributed by atoms with Crippen LogP contribution in [0.4, 0.5) is 0 Å². The number of rotatable bonds is 0. The Morgan fingerprint density at radius 1 is 1.11 bits per heavy atom. The van der Waals surface area contributed by atoms with E-state index in [0.29, 0.717) is 0 Å². The van der Waals surface area contributed by atoms with E-state index in [0.717, 1.165) is 0 Å². The third-order valence-electron chi connectivity index (χ3n) is 0. The van der Waals surface area contributed by atoms with Crippen LogP contribution in [0.25, 0.3) is 0 Å². The second-order valence-electron chi connectivity index (χ2n) is 0.461. The second-order valence-corrected chi connectivity index (χ2v) is 0.461. The van der Waals surface area contributed by atoms with Gasteiger partial charge in [0.05, 0.1) is 5.09 Å². The molecule has 0 atom stereocenters. The van der Waals surface area contributed by atoms with Crippen LogP contribution in [-0.2, 0) is 0 Å². The van der Waals surface area contributed by atoms with Crippen LogP contribution >= 0.6 is 0 Å². The van der Waals surface area contributed by atoms with Gasteiger partial charge in [-0.05, 0) is 0 Å². The van der Waals surface area contributed by atoms with Crippen molar-refractivity contribution in [3.8, 4) is 0 Å². The molecule has 0 fully saturated rings. The standard InChI is InChI=1S/K.HNO3.NO3/c;2*2-1(3)4/h;(H,2,3,4);/q+1;;-1. The van der Waals surface area contributed by atoms with Crippen molar-refractivity contribution in [3.05, 3.63) is 25.4 Å². The van der Waals surface area contributed by atoms with Gasteiger partial charge >= 0.3 is 51.4 Å². The van der Waals surface area contributed by atoms with Crippen LogP contribution in [0.2, 0.25) is 0 Å². The molecule has 0 rings (SSSR count). The van der Waals surface area contributed by atoms with Gasteiger partial charge in [0.15, 0.2) is 0 Å². The molecule has 9 heteroatoms. The van der Waals surface area contributed by atoms with Crippen molar-refractivity contribution in [2.75, 3.05) is 0 Å². The van der Waals surface area contributed by atoms with Gasteiger partial charge in [0.1, 0.15) is 0 Å². The van der Waals surface area contributed by atoms with Crippen LogP contribution in [0.3, 0.4) is 0 Å². The first-order valence-corrected chi connectivity index (χ1v) is 1.11. The average Bonchev–Trinajstić information content (AvgIpc) is 1.25. The maximum absolute atomic E-state index is 8.36. The van der Waals surface area contributed by atoms with Gasteiger partial charge < -0.3 is 20.5 Å². The van der Waals surface area contributed by atoms with Gasteiger partial charge in [-0.3, -0.25) is 0 Å². The topological polar surface area (TPSA) is 130 Å². The smallest absolute Gasteiger partial charge is 0.356 e. The molecule has 0 aliphatic carbocycles. The molecule has 0 amide bonds. The Morgan fingerprint density at radius 3 is 1.11 bits per heavy atom. The van der Waals surface area contributed by atoms with Crippen LogP contribution in [-0.4, -0.2) is 15.4 Å². The fourth-order valence-electron chi connectivity index (χ4n) is 0. The van der Waals surface area contributed by atoms with E-state index < -0.39 is 10.2 Å². The molecule has 0 saturated carbocycles. The Hall–Kier alpha value is 0.0364. The minimum Gasteiger partial charge on any atom is -0.356 e. The SMILES string of the molecule is O=[N+]([O-])O.O=[N+]([O-])[O-].[K+]. The van der Waals surface area contributed by atoms with Gasteiger partial charge in [-0.15, -0.1) is 10.1 Å². The molecule has 0 aromatic rings. The van der Waals surface area contributed by atoms with Gasteiger partial charge in [0, 0.05) is 0 Å². The second kappa shape index (κ2) is 10.9. The first-order chi connectivity index (χ1) is 3.46. The van der Waals surface area contributed by atoms with Crippen LogP contribution in [0, 0.1) is 25.4 Å². The number of hydrogen-bond acceptors (Lipinski definition) is 5. The van der Waals surface area contributed by atoms with E-state index in [1.54, 1.807) is 0 Å². The van der Waals surface area contributed by atoms with Crippen molar-refractivity contribution >= 4 is 0 Å². The summed E-state index contributed by atoms with van der Waals surface area (Å²) in [7, 11) is 0. The van der Waals surface area contributed by atoms with Crippen molar-refractivity contribution in [2.24, 2.45) is 0 Å². The van der Waals surface area contributed by atoms with Gasteiger partial charge in [-0.2, -0.15) is 0 Å². The minimum absolute atomic E-state index is 0. The van der Waals surface area contributed by atoms with Gasteiger partial charge in [-0.25, -0.2) is 0 Å². The van der Waals surface area contributed by atoms with E-state index in [4.69, 9.17) is 30.6 Å². The summed E-state index contributed by atoms with van der Waals surface area (Å²) in [6.45, 7) is 0. The zero-order valence-electron chi connectivity index (χ0n) is 4.38. The van der Waals surface area contributed by atoms with E-state index in [1.807, 2.05) is 0 Å². The Labute approximate surface area is 91.1 Å². The molecular formula is HKN2O6. The number of nitrogens with zero attached hydrogens (tertiary/aromatic N) is 2. The Kier molecular flexibility index (Phi) is 19.4. The summed E-state index contributed by atoms with van der Waals surface area (Å²) in [5, 5.41) is 28.4. The van der Waals surface area contributed by atoms with Crippen LogP contribution in [0.15, 0.2) is 0 Å². The zero-order chi connectivity index (χ0) is 7.15. The van der Waals surface area contributed by atoms with E-state index in [1.165, 1.54) is 0 Å². The summed E-state index contributed by atoms with van der Waals surface area (Å²) in [4.78, 5) is 16.6. The van der Waals surface area contributed by atoms with Gasteiger partial charge in [0.2, 0.25) is 0 Å². The molecule has 0 aromatic carbocycles. The molecular weight excluding hydrogens is 163 g/mol. The fraction of sp³-hybridized carbons (Fsp3) is 0. The fourth-order valence-corrected chi connectivity index (χ4v) is 0. The molecule has 8 nitrogen and oxygen atoms in total. The summed E-state index contributed by atoms with van der Waals surface area (Å²) in [5.74, 6) is 0. The van der Waals surface area contributed by atoms with Crippen molar-refractivity contribution in [1.29, 1.82) is 0 Å². The first-order valence-electron chi connectivity index (χ1n) is 1.11. The maximum Gasteiger partial charge on any atom is 1.00 e. The van der Waals surface area contributed by atoms with E-state index in [9.17, 15) is 0 Å². The molecule has 0 bridgehead atoms. The van der Waals surface area contributed by atoms with Crippen LogP contribution in [0.1, 0.15) is 0 Å². The molecule has 0 aliphatic rings. The predicted octanol–water partition coefficient (Wildman–Crippen LogP) is -3.58. The van der Waals surface area contributed by atoms with E-state index >= 15 is 0 Å². The average molecular weight is 164 g/mol. The monoisotopic (exact) mass is 164 g/mol. The molecule has 0 unspecified atom stereocenters. The Balaban J connectivity index is -0.0000000720. The van der Waals surface area contributed by atoms with E-state index in [-0.39, 0.29) is 51.4 Å². The molecule has 0 saturated heterocycles. The molecule has 48 valence electrons. The van der Waals surface area contributed by atoms with Crippen molar-refractivity contribution in [2.45, 2.75) is 0 Å². The van der Waals surface area contributed by atoms with Crippen molar-refractivity contribution < 1.29 is 66.8 Å². The Bertz CT molecular complexity index is 69.1. The third kappa shape index (κ3) is 221000. The number of hydrogen-bond donors (Lipinski definition) is 1. The summed E-state index contributed by atoms with van der Waals surface area (Å²) in [5.41, 5.74) is 0. The van der Waals surface area contributed by atoms with Crippen molar-refractivity contribution in [3.63, 3.8) is 0 Å². The molecule has 9 heavy (non-hydrogen) atoms. The molecule has 0 spiro atoms. The summed E-state index contributed by atoms with van der Waals surface area (Å²) >= 11 is 0. The molecule has 0 aliphatic heterocycles. The maximum atomic E-state index is 8.36. The molecule has 0 radical (unpaired) electrons. The quantitative estimate of drug-likeness (QED) is 0.224. The van der Waals surface area contributed by atoms with Crippen molar-refractivity contribution in [1.82, 2.24) is 0 Å².